The Kier molecular flexibility index (Phi) is 52.6. The highest BCUT2D eigenvalue weighted by Gasteiger charge is 2.16. The Balaban J connectivity index is 0.000000242. The van der Waals surface area contributed by atoms with Crippen LogP contribution in [-0.2, 0) is 11.8 Å². The van der Waals surface area contributed by atoms with Crippen LogP contribution in [0.25, 0.3) is 22.3 Å². The number of hydrogen-bond acceptors (Lipinski definition) is 5. The van der Waals surface area contributed by atoms with Gasteiger partial charge in [0.25, 0.3) is 0 Å². The Hall–Kier alpha value is -12.9. The number of rotatable bonds is 13. The smallest absolute Gasteiger partial charge is 0.127 e. The van der Waals surface area contributed by atoms with Gasteiger partial charge in [0.1, 0.15) is 11.5 Å². The number of benzene rings is 15. The van der Waals surface area contributed by atoms with Crippen molar-refractivity contribution in [1.82, 2.24) is 9.97 Å². The minimum atomic E-state index is 0.274. The SMILES string of the molecule is CCCCCCc1ccc(C)cc1C.Cc1ccc(-c2ccc(C)c(C)c2)cc1C.Cc1ccc(-c2ccc(C)cc2)cc1.Cc1ccc(C)c(C(C)(C)C)c1.Cc1ccc(C)c(C)c1.Cc1ccc(C)cc1.Cc1ccc(C)nc1.Cc1ccc(Oc2ccc(C)cc2)cc1.Cc1ccc(Sc2ccc(C)c(C)c2)cc1C.Cc1ccc(Sc2ccc(C)cc2)cc1.Cc1cccc(C)c1.Cc1cncc(C)c1. The van der Waals surface area contributed by atoms with E-state index in [2.05, 4.69) is 496 Å². The Bertz CT molecular complexity index is 6130. The maximum atomic E-state index is 5.69. The highest BCUT2D eigenvalue weighted by molar-refractivity contribution is 7.99. The van der Waals surface area contributed by atoms with Crippen LogP contribution in [-0.4, -0.2) is 9.97 Å². The maximum absolute atomic E-state index is 5.69. The average Bonchev–Trinajstić information content (AvgIpc) is 0.829. The van der Waals surface area contributed by atoms with Crippen molar-refractivity contribution in [3.8, 4) is 33.8 Å². The quantitative estimate of drug-likeness (QED) is 0.108. The number of unbranched alkanes of at least 4 members (excludes halogenated alkanes) is 3. The number of ether oxygens (including phenoxy) is 1. The van der Waals surface area contributed by atoms with Crippen LogP contribution in [0.3, 0.4) is 0 Å². The first-order chi connectivity index (χ1) is 68.4. The largest absolute Gasteiger partial charge is 0.457 e. The molecule has 0 spiro atoms. The fraction of sp³-hybridized carbons (Fsp3) is 0.281. The average molecular weight is 1950 g/mol. The first-order valence-corrected chi connectivity index (χ1v) is 52.8. The van der Waals surface area contributed by atoms with Gasteiger partial charge in [-0.15, -0.1) is 0 Å². The minimum Gasteiger partial charge on any atom is -0.457 e. The molecule has 2 heterocycles. The summed E-state index contributed by atoms with van der Waals surface area (Å²) in [5.74, 6) is 1.76. The summed E-state index contributed by atoms with van der Waals surface area (Å²) in [7, 11) is 0. The summed E-state index contributed by atoms with van der Waals surface area (Å²) in [4.78, 5) is 13.3. The van der Waals surface area contributed by atoms with E-state index in [0.717, 1.165) is 17.2 Å². The second-order valence-electron chi connectivity index (χ2n) is 40.1. The lowest BCUT2D eigenvalue weighted by Crippen LogP contribution is -2.13. The van der Waals surface area contributed by atoms with Gasteiger partial charge in [-0.25, -0.2) is 0 Å². The molecule has 0 fully saturated rings. The Morgan fingerprint density at radius 3 is 0.819 bits per heavy atom. The second kappa shape index (κ2) is 63.3. The van der Waals surface area contributed by atoms with Crippen molar-refractivity contribution in [3.63, 3.8) is 0 Å². The maximum Gasteiger partial charge on any atom is 0.127 e. The molecule has 144 heavy (non-hydrogen) atoms. The van der Waals surface area contributed by atoms with Crippen LogP contribution < -0.4 is 4.74 Å². The topological polar surface area (TPSA) is 35.0 Å². The van der Waals surface area contributed by atoms with Gasteiger partial charge in [0.2, 0.25) is 0 Å². The third-order valence-corrected chi connectivity index (χ3v) is 26.7. The molecule has 0 aliphatic heterocycles. The van der Waals surface area contributed by atoms with Gasteiger partial charge in [0, 0.05) is 43.9 Å². The lowest BCUT2D eigenvalue weighted by atomic mass is 9.83. The second-order valence-corrected chi connectivity index (χ2v) is 42.4. The van der Waals surface area contributed by atoms with Gasteiger partial charge in [-0.1, -0.05) is 404 Å². The van der Waals surface area contributed by atoms with Gasteiger partial charge in [0.15, 0.2) is 0 Å². The van der Waals surface area contributed by atoms with E-state index in [9.17, 15) is 0 Å². The minimum absolute atomic E-state index is 0.274. The third-order valence-electron chi connectivity index (χ3n) is 24.7. The number of hydrogen-bond donors (Lipinski definition) is 0. The van der Waals surface area contributed by atoms with Crippen molar-refractivity contribution in [2.24, 2.45) is 0 Å². The van der Waals surface area contributed by atoms with Crippen LogP contribution in [0.4, 0.5) is 0 Å². The molecule has 0 saturated heterocycles. The van der Waals surface area contributed by atoms with E-state index in [4.69, 9.17) is 4.74 Å². The van der Waals surface area contributed by atoms with Crippen LogP contribution in [0.2, 0.25) is 0 Å². The first-order valence-electron chi connectivity index (χ1n) is 51.1. The standard InChI is InChI=1S/C16H18S.C16H18.C14H14O.C14H14S.C14H14.C14H22.C12H18.C9H12.2C8H10.2C7H9N/c1-11-5-7-15(9-13(11)3)17-16-8-6-12(2)14(4)10-16;1-11-5-7-15(9-13(11)3)16-8-6-12(2)14(4)10-16;2*1-11-3-7-13(8-4-11)15-14-9-5-12(2)6-10-14;1-11-3-7-13(8-4-11)14-9-5-12(2)6-10-14;1-4-5-6-7-8-14-10-9-12(2)11-13(14)3;1-9-6-7-10(2)11(8-9)12(3,4)5;1-7-4-5-8(2)9(3)6-7;1-7-3-5-8(2)6-4-7;1-7-4-3-5-8(2)6-7;1-6-3-7(2)5-8-4-6;1-6-3-4-7(2)8-5-6/h5-10H,1-4H3;5-10H,1-4H3;2*3-10H,1-2H3;3-10H,1-2H3;9-11H,4-8H2,1-3H3;6-8H,1-5H3;4-6H,1-3H3;2*3-6H,1-2H3;2*3-5H,1-2H3. The highest BCUT2D eigenvalue weighted by atomic mass is 32.2. The van der Waals surface area contributed by atoms with Crippen molar-refractivity contribution < 1.29 is 4.74 Å². The Morgan fingerprint density at radius 2 is 0.507 bits per heavy atom. The number of aryl methyl sites for hydroxylation is 30. The van der Waals surface area contributed by atoms with Crippen molar-refractivity contribution >= 4 is 23.5 Å². The van der Waals surface area contributed by atoms with E-state index in [-0.39, 0.29) is 5.41 Å². The fourth-order valence-corrected chi connectivity index (χ4v) is 16.5. The van der Waals surface area contributed by atoms with Crippen molar-refractivity contribution in [1.29, 1.82) is 0 Å². The highest BCUT2D eigenvalue weighted by Crippen LogP contribution is 2.33. The van der Waals surface area contributed by atoms with Crippen molar-refractivity contribution in [2.75, 3.05) is 0 Å². The predicted molar refractivity (Wildman–Crippen MR) is 635 cm³/mol. The molecule has 5 heteroatoms. The molecule has 15 aromatic carbocycles. The molecule has 0 saturated carbocycles. The van der Waals surface area contributed by atoms with Crippen LogP contribution in [0.5, 0.6) is 11.5 Å². The fourth-order valence-electron chi connectivity index (χ4n) is 14.7. The summed E-state index contributed by atoms with van der Waals surface area (Å²) in [5, 5.41) is 0. The molecule has 0 radical (unpaired) electrons. The summed E-state index contributed by atoms with van der Waals surface area (Å²) < 4.78 is 5.69. The molecule has 0 amide bonds. The molecule has 2 aromatic heterocycles. The molecule has 3 nitrogen and oxygen atoms in total. The molecule has 17 rings (SSSR count). The molecular formula is C139H168N2OS2. The number of nitrogens with zero attached hydrogens (tertiary/aromatic N) is 2. The molecule has 0 unspecified atom stereocenters. The zero-order valence-corrected chi connectivity index (χ0v) is 95.4. The van der Waals surface area contributed by atoms with Gasteiger partial charge >= 0.3 is 0 Å². The number of aromatic nitrogens is 2. The van der Waals surface area contributed by atoms with Crippen LogP contribution in [0.1, 0.15) is 226 Å². The van der Waals surface area contributed by atoms with E-state index in [1.54, 1.807) is 11.8 Å². The van der Waals surface area contributed by atoms with Gasteiger partial charge in [-0.05, 0) is 415 Å². The van der Waals surface area contributed by atoms with Gasteiger partial charge in [-0.3, -0.25) is 9.97 Å². The molecule has 0 N–H and O–H groups in total. The summed E-state index contributed by atoms with van der Waals surface area (Å²) in [6.45, 7) is 70.5. The first kappa shape index (κ1) is 120. The van der Waals surface area contributed by atoms with Gasteiger partial charge < -0.3 is 4.74 Å². The Labute approximate surface area is 881 Å². The summed E-state index contributed by atoms with van der Waals surface area (Å²) in [5.41, 5.74) is 46.8. The molecule has 752 valence electrons. The molecule has 0 bridgehead atoms. The van der Waals surface area contributed by atoms with Crippen molar-refractivity contribution in [3.05, 3.63) is 531 Å². The zero-order chi connectivity index (χ0) is 106. The van der Waals surface area contributed by atoms with Gasteiger partial charge in [-0.2, -0.15) is 0 Å². The number of pyridine rings is 2. The van der Waals surface area contributed by atoms with E-state index < -0.39 is 0 Å². The predicted octanol–water partition coefficient (Wildman–Crippen LogP) is 40.8. The van der Waals surface area contributed by atoms with Crippen LogP contribution >= 0.6 is 23.5 Å². The molecule has 0 atom stereocenters. The molecule has 0 aliphatic rings. The normalized spacial score (nSPS) is 10.2. The lowest BCUT2D eigenvalue weighted by molar-refractivity contribution is 0.482. The molecular weight excluding hydrogens is 1780 g/mol. The van der Waals surface area contributed by atoms with Crippen molar-refractivity contribution in [2.45, 2.75) is 286 Å². The Morgan fingerprint density at radius 1 is 0.215 bits per heavy atom. The summed E-state index contributed by atoms with van der Waals surface area (Å²) in [6, 6.07) is 120. The van der Waals surface area contributed by atoms with E-state index in [0.29, 0.717) is 0 Å². The van der Waals surface area contributed by atoms with E-state index >= 15 is 0 Å². The van der Waals surface area contributed by atoms with Gasteiger partial charge in [0.05, 0.1) is 0 Å². The van der Waals surface area contributed by atoms with Crippen LogP contribution in [0, 0.1) is 201 Å². The zero-order valence-electron chi connectivity index (χ0n) is 93.7. The summed E-state index contributed by atoms with van der Waals surface area (Å²) in [6.07, 6.45) is 12.3. The summed E-state index contributed by atoms with van der Waals surface area (Å²) >= 11 is 3.64. The molecule has 0 aliphatic carbocycles. The lowest BCUT2D eigenvalue weighted by Gasteiger charge is -2.22. The third kappa shape index (κ3) is 48.0. The van der Waals surface area contributed by atoms with E-state index in [1.165, 1.54) is 241 Å². The molecule has 17 aromatic rings. The van der Waals surface area contributed by atoms with Crippen LogP contribution in [0.15, 0.2) is 378 Å². The monoisotopic (exact) mass is 1950 g/mol. The van der Waals surface area contributed by atoms with E-state index in [1.807, 2.05) is 113 Å².